The highest BCUT2D eigenvalue weighted by molar-refractivity contribution is 6.99. The zero-order valence-electron chi connectivity index (χ0n) is 12.0. The first-order chi connectivity index (χ1) is 11.6. The molecule has 0 aliphatic rings. The zero-order valence-corrected chi connectivity index (χ0v) is 14.3. The van der Waals surface area contributed by atoms with Gasteiger partial charge in [0.2, 0.25) is 0 Å². The first-order valence-electron chi connectivity index (χ1n) is 6.70. The van der Waals surface area contributed by atoms with E-state index in [0.717, 1.165) is 11.7 Å². The topological polar surface area (TPSA) is 78.2 Å². The lowest BCUT2D eigenvalue weighted by molar-refractivity contribution is -0.385. The predicted octanol–water partition coefficient (Wildman–Crippen LogP) is 5.00. The number of nitro benzene ring substituents is 1. The molecule has 0 radical (unpaired) electrons. The quantitative estimate of drug-likeness (QED) is 0.458. The molecular weight excluding hydrogens is 373 g/mol. The Morgan fingerprint density at radius 3 is 2.50 bits per heavy atom. The molecule has 6 nitrogen and oxygen atoms in total. The minimum absolute atomic E-state index is 0.0157. The zero-order chi connectivity index (χ0) is 17.1. The minimum atomic E-state index is -0.455. The van der Waals surface area contributed by atoms with Crippen LogP contribution in [0.5, 0.6) is 5.88 Å². The molecule has 0 aliphatic heterocycles. The summed E-state index contributed by atoms with van der Waals surface area (Å²) in [5.41, 5.74) is 1.35. The number of para-hydroxylation sites is 1. The standard InChI is InChI=1S/C15H9Cl2N3O3S/c16-10-5-3-6-11(17)13(10)14-15(19-24-18-14)23-8-9-4-1-2-7-12(9)20(21)22/h1-7H,8H2. The summed E-state index contributed by atoms with van der Waals surface area (Å²) in [6.45, 7) is -0.0162. The molecule has 3 rings (SSSR count). The number of hydrogen-bond acceptors (Lipinski definition) is 6. The fourth-order valence-corrected chi connectivity index (χ4v) is 3.19. The van der Waals surface area contributed by atoms with Crippen LogP contribution in [0, 0.1) is 10.1 Å². The fourth-order valence-electron chi connectivity index (χ4n) is 2.11. The van der Waals surface area contributed by atoms with Crippen LogP contribution in [0.3, 0.4) is 0 Å². The Bertz CT molecular complexity index is 881. The van der Waals surface area contributed by atoms with Gasteiger partial charge in [-0.25, -0.2) is 0 Å². The van der Waals surface area contributed by atoms with Gasteiger partial charge in [-0.15, -0.1) is 4.37 Å². The molecule has 0 aliphatic carbocycles. The van der Waals surface area contributed by atoms with Crippen molar-refractivity contribution in [3.05, 3.63) is 68.2 Å². The van der Waals surface area contributed by atoms with E-state index in [-0.39, 0.29) is 18.2 Å². The van der Waals surface area contributed by atoms with Gasteiger partial charge in [-0.2, -0.15) is 4.37 Å². The van der Waals surface area contributed by atoms with Gasteiger partial charge in [-0.05, 0) is 18.2 Å². The third-order valence-corrected chi connectivity index (χ3v) is 4.35. The number of benzene rings is 2. The van der Waals surface area contributed by atoms with Crippen LogP contribution in [-0.2, 0) is 6.61 Å². The second-order valence-electron chi connectivity index (χ2n) is 4.69. The summed E-state index contributed by atoms with van der Waals surface area (Å²) >= 11 is 13.3. The van der Waals surface area contributed by atoms with Crippen molar-refractivity contribution in [3.8, 4) is 17.1 Å². The van der Waals surface area contributed by atoms with Crippen LogP contribution < -0.4 is 4.74 Å². The van der Waals surface area contributed by atoms with E-state index in [0.29, 0.717) is 26.9 Å². The monoisotopic (exact) mass is 381 g/mol. The average Bonchev–Trinajstić information content (AvgIpc) is 3.01. The van der Waals surface area contributed by atoms with Gasteiger partial charge in [0, 0.05) is 11.6 Å². The van der Waals surface area contributed by atoms with E-state index in [1.165, 1.54) is 6.07 Å². The highest BCUT2D eigenvalue weighted by atomic mass is 35.5. The predicted molar refractivity (Wildman–Crippen MR) is 92.8 cm³/mol. The SMILES string of the molecule is O=[N+]([O-])c1ccccc1COc1nsnc1-c1c(Cl)cccc1Cl. The maximum atomic E-state index is 11.1. The first kappa shape index (κ1) is 16.6. The Morgan fingerprint density at radius 1 is 1.08 bits per heavy atom. The molecule has 0 spiro atoms. The molecule has 0 bridgehead atoms. The molecule has 3 aromatic rings. The number of rotatable bonds is 5. The molecule has 0 saturated carbocycles. The van der Waals surface area contributed by atoms with Gasteiger partial charge in [0.1, 0.15) is 6.61 Å². The van der Waals surface area contributed by atoms with Crippen molar-refractivity contribution in [2.24, 2.45) is 0 Å². The summed E-state index contributed by atoms with van der Waals surface area (Å²) in [6.07, 6.45) is 0. The highest BCUT2D eigenvalue weighted by Crippen LogP contribution is 2.38. The fraction of sp³-hybridized carbons (Fsp3) is 0.0667. The lowest BCUT2D eigenvalue weighted by atomic mass is 10.1. The van der Waals surface area contributed by atoms with E-state index in [1.807, 2.05) is 0 Å². The van der Waals surface area contributed by atoms with Gasteiger partial charge in [0.05, 0.1) is 32.3 Å². The molecular formula is C15H9Cl2N3O3S. The van der Waals surface area contributed by atoms with Crippen molar-refractivity contribution in [3.63, 3.8) is 0 Å². The van der Waals surface area contributed by atoms with Gasteiger partial charge in [-0.3, -0.25) is 10.1 Å². The lowest BCUT2D eigenvalue weighted by Gasteiger charge is -2.08. The number of ether oxygens (including phenoxy) is 1. The van der Waals surface area contributed by atoms with E-state index in [4.69, 9.17) is 27.9 Å². The van der Waals surface area contributed by atoms with E-state index < -0.39 is 4.92 Å². The number of aromatic nitrogens is 2. The van der Waals surface area contributed by atoms with Gasteiger partial charge in [0.15, 0.2) is 5.69 Å². The molecule has 122 valence electrons. The normalized spacial score (nSPS) is 10.6. The van der Waals surface area contributed by atoms with Crippen LogP contribution in [-0.4, -0.2) is 13.7 Å². The highest BCUT2D eigenvalue weighted by Gasteiger charge is 2.19. The van der Waals surface area contributed by atoms with Crippen LogP contribution >= 0.6 is 34.9 Å². The largest absolute Gasteiger partial charge is 0.470 e. The summed E-state index contributed by atoms with van der Waals surface area (Å²) in [7, 11) is 0. The Balaban J connectivity index is 1.89. The van der Waals surface area contributed by atoms with Crippen molar-refractivity contribution < 1.29 is 9.66 Å². The summed E-state index contributed by atoms with van der Waals surface area (Å²) in [5.74, 6) is 0.230. The number of hydrogen-bond donors (Lipinski definition) is 0. The van der Waals surface area contributed by atoms with E-state index >= 15 is 0 Å². The summed E-state index contributed by atoms with van der Waals surface area (Å²) in [6, 6.07) is 11.4. The number of halogens is 2. The van der Waals surface area contributed by atoms with Crippen LogP contribution in [0.15, 0.2) is 42.5 Å². The number of nitro groups is 1. The Morgan fingerprint density at radius 2 is 1.79 bits per heavy atom. The second-order valence-corrected chi connectivity index (χ2v) is 6.03. The van der Waals surface area contributed by atoms with E-state index in [1.54, 1.807) is 36.4 Å². The third-order valence-electron chi connectivity index (χ3n) is 3.21. The van der Waals surface area contributed by atoms with Gasteiger partial charge < -0.3 is 4.74 Å². The average molecular weight is 382 g/mol. The molecule has 0 fully saturated rings. The third kappa shape index (κ3) is 3.33. The maximum absolute atomic E-state index is 11.1. The smallest absolute Gasteiger partial charge is 0.276 e. The maximum Gasteiger partial charge on any atom is 0.276 e. The summed E-state index contributed by atoms with van der Waals surface area (Å²) in [5, 5.41) is 11.9. The van der Waals surface area contributed by atoms with Gasteiger partial charge in [0.25, 0.3) is 11.6 Å². The van der Waals surface area contributed by atoms with Crippen LogP contribution in [0.25, 0.3) is 11.3 Å². The van der Waals surface area contributed by atoms with Crippen molar-refractivity contribution in [1.82, 2.24) is 8.75 Å². The van der Waals surface area contributed by atoms with Crippen molar-refractivity contribution in [1.29, 1.82) is 0 Å². The van der Waals surface area contributed by atoms with Crippen molar-refractivity contribution in [2.45, 2.75) is 6.61 Å². The Hall–Kier alpha value is -2.22. The summed E-state index contributed by atoms with van der Waals surface area (Å²) < 4.78 is 13.9. The number of nitrogens with zero attached hydrogens (tertiary/aromatic N) is 3. The molecule has 0 unspecified atom stereocenters. The second kappa shape index (κ2) is 7.12. The van der Waals surface area contributed by atoms with Gasteiger partial charge in [-0.1, -0.05) is 41.4 Å². The molecule has 9 heteroatoms. The minimum Gasteiger partial charge on any atom is -0.470 e. The first-order valence-corrected chi connectivity index (χ1v) is 8.18. The molecule has 0 saturated heterocycles. The molecule has 0 N–H and O–H groups in total. The molecule has 1 aromatic heterocycles. The van der Waals surface area contributed by atoms with Crippen LogP contribution in [0.4, 0.5) is 5.69 Å². The molecule has 1 heterocycles. The molecule has 24 heavy (non-hydrogen) atoms. The lowest BCUT2D eigenvalue weighted by Crippen LogP contribution is -2.01. The van der Waals surface area contributed by atoms with E-state index in [9.17, 15) is 10.1 Å². The Labute approximate surface area is 151 Å². The molecule has 2 aromatic carbocycles. The summed E-state index contributed by atoms with van der Waals surface area (Å²) in [4.78, 5) is 10.6. The van der Waals surface area contributed by atoms with Crippen molar-refractivity contribution >= 4 is 40.6 Å². The molecule has 0 atom stereocenters. The Kier molecular flexibility index (Phi) is 4.94. The van der Waals surface area contributed by atoms with Crippen LogP contribution in [0.1, 0.15) is 5.56 Å². The van der Waals surface area contributed by atoms with Crippen molar-refractivity contribution in [2.75, 3.05) is 0 Å². The van der Waals surface area contributed by atoms with E-state index in [2.05, 4.69) is 8.75 Å². The van der Waals surface area contributed by atoms with Gasteiger partial charge >= 0.3 is 0 Å². The van der Waals surface area contributed by atoms with Crippen LogP contribution in [0.2, 0.25) is 10.0 Å². The molecule has 0 amide bonds.